The number of aryl methyl sites for hydroxylation is 1. The molecule has 1 rings (SSSR count). The van der Waals surface area contributed by atoms with Gasteiger partial charge < -0.3 is 5.32 Å². The number of halogens is 1. The Hall–Kier alpha value is -0.680. The Bertz CT molecular complexity index is 454. The van der Waals surface area contributed by atoms with Crippen LogP contribution in [0.25, 0.3) is 0 Å². The molecular weight excluding hydrogens is 294 g/mol. The molecule has 0 amide bonds. The van der Waals surface area contributed by atoms with Crippen molar-refractivity contribution in [1.82, 2.24) is 14.9 Å². The number of hydrogen-bond acceptors (Lipinski definition) is 3. The zero-order chi connectivity index (χ0) is 13.7. The first kappa shape index (κ1) is 15.4. The Morgan fingerprint density at radius 1 is 1.39 bits per heavy atom. The van der Waals surface area contributed by atoms with Crippen molar-refractivity contribution in [3.8, 4) is 0 Å². The Balaban J connectivity index is 2.58. The smallest absolute Gasteiger partial charge is 0.316 e. The third kappa shape index (κ3) is 4.21. The molecule has 1 aromatic rings. The molecule has 1 aromatic heterocycles. The van der Waals surface area contributed by atoms with Crippen LogP contribution in [0.2, 0.25) is 0 Å². The third-order valence-corrected chi connectivity index (χ3v) is 3.97. The number of nitrogens with one attached hydrogen (secondary N) is 1. The first-order valence-corrected chi connectivity index (χ1v) is 7.17. The molecule has 0 saturated carbocycles. The van der Waals surface area contributed by atoms with Gasteiger partial charge in [-0.3, -0.25) is 4.57 Å². The van der Waals surface area contributed by atoms with Gasteiger partial charge in [-0.2, -0.15) is 4.98 Å². The van der Waals surface area contributed by atoms with E-state index in [0.717, 1.165) is 35.4 Å². The van der Waals surface area contributed by atoms with E-state index >= 15 is 0 Å². The van der Waals surface area contributed by atoms with E-state index in [1.54, 1.807) is 4.57 Å². The normalized spacial score (nSPS) is 11.2. The molecule has 0 aliphatic carbocycles. The van der Waals surface area contributed by atoms with Gasteiger partial charge in [0.2, 0.25) is 0 Å². The van der Waals surface area contributed by atoms with Crippen molar-refractivity contribution in [3.05, 3.63) is 26.3 Å². The van der Waals surface area contributed by atoms with Crippen LogP contribution in [0.3, 0.4) is 0 Å². The van der Waals surface area contributed by atoms with Crippen LogP contribution >= 0.6 is 15.9 Å². The van der Waals surface area contributed by atoms with Crippen LogP contribution in [0, 0.1) is 19.8 Å². The maximum Gasteiger partial charge on any atom is 0.348 e. The summed E-state index contributed by atoms with van der Waals surface area (Å²) in [6.07, 6.45) is 0.935. The second-order valence-electron chi connectivity index (χ2n) is 4.98. The van der Waals surface area contributed by atoms with Crippen molar-refractivity contribution in [2.45, 2.75) is 40.7 Å². The fraction of sp³-hybridized carbons (Fsp3) is 0.692. The molecule has 4 nitrogen and oxygen atoms in total. The summed E-state index contributed by atoms with van der Waals surface area (Å²) in [6, 6.07) is 0. The van der Waals surface area contributed by atoms with E-state index in [9.17, 15) is 4.79 Å². The highest BCUT2D eigenvalue weighted by molar-refractivity contribution is 9.10. The van der Waals surface area contributed by atoms with Crippen molar-refractivity contribution in [1.29, 1.82) is 0 Å². The largest absolute Gasteiger partial charge is 0.348 e. The van der Waals surface area contributed by atoms with Gasteiger partial charge in [0.1, 0.15) is 0 Å². The van der Waals surface area contributed by atoms with Crippen LogP contribution in [0.4, 0.5) is 0 Å². The summed E-state index contributed by atoms with van der Waals surface area (Å²) in [5.74, 6) is 0.657. The molecule has 0 unspecified atom stereocenters. The zero-order valence-electron chi connectivity index (χ0n) is 11.6. The lowest BCUT2D eigenvalue weighted by Gasteiger charge is -2.12. The lowest BCUT2D eigenvalue weighted by Crippen LogP contribution is -2.28. The van der Waals surface area contributed by atoms with Crippen molar-refractivity contribution in [2.24, 2.45) is 5.92 Å². The van der Waals surface area contributed by atoms with E-state index < -0.39 is 0 Å². The molecular formula is C13H22BrN3O. The van der Waals surface area contributed by atoms with Crippen molar-refractivity contribution >= 4 is 15.9 Å². The second kappa shape index (κ2) is 7.04. The third-order valence-electron chi connectivity index (χ3n) is 2.82. The monoisotopic (exact) mass is 315 g/mol. The van der Waals surface area contributed by atoms with Crippen LogP contribution in [-0.4, -0.2) is 22.6 Å². The highest BCUT2D eigenvalue weighted by Crippen LogP contribution is 2.16. The number of hydrogen-bond donors (Lipinski definition) is 1. The van der Waals surface area contributed by atoms with Crippen LogP contribution < -0.4 is 11.0 Å². The molecule has 0 fully saturated rings. The second-order valence-corrected chi connectivity index (χ2v) is 5.78. The van der Waals surface area contributed by atoms with Crippen LogP contribution in [-0.2, 0) is 6.54 Å². The lowest BCUT2D eigenvalue weighted by atomic mass is 10.2. The van der Waals surface area contributed by atoms with Crippen molar-refractivity contribution in [2.75, 3.05) is 13.1 Å². The Labute approximate surface area is 117 Å². The van der Waals surface area contributed by atoms with Gasteiger partial charge >= 0.3 is 5.69 Å². The molecule has 102 valence electrons. The summed E-state index contributed by atoms with van der Waals surface area (Å²) in [7, 11) is 0. The van der Waals surface area contributed by atoms with E-state index in [2.05, 4.69) is 40.1 Å². The van der Waals surface area contributed by atoms with Gasteiger partial charge in [-0.25, -0.2) is 4.79 Å². The molecule has 0 radical (unpaired) electrons. The lowest BCUT2D eigenvalue weighted by molar-refractivity contribution is 0.510. The number of rotatable bonds is 6. The predicted molar refractivity (Wildman–Crippen MR) is 78.0 cm³/mol. The average Bonchev–Trinajstić information content (AvgIpc) is 2.29. The average molecular weight is 316 g/mol. The van der Waals surface area contributed by atoms with Crippen molar-refractivity contribution < 1.29 is 0 Å². The van der Waals surface area contributed by atoms with Gasteiger partial charge in [0, 0.05) is 12.2 Å². The fourth-order valence-electron chi connectivity index (χ4n) is 1.79. The highest BCUT2D eigenvalue weighted by Gasteiger charge is 2.08. The molecule has 18 heavy (non-hydrogen) atoms. The fourth-order valence-corrected chi connectivity index (χ4v) is 2.10. The molecule has 0 saturated heterocycles. The Morgan fingerprint density at radius 3 is 2.67 bits per heavy atom. The summed E-state index contributed by atoms with van der Waals surface area (Å²) in [4.78, 5) is 15.8. The minimum atomic E-state index is -0.156. The summed E-state index contributed by atoms with van der Waals surface area (Å²) < 4.78 is 2.66. The molecule has 0 bridgehead atoms. The first-order chi connectivity index (χ1) is 8.43. The molecule has 0 aromatic carbocycles. The minimum absolute atomic E-state index is 0.156. The molecule has 5 heteroatoms. The summed E-state index contributed by atoms with van der Waals surface area (Å²) in [5, 5.41) is 3.37. The highest BCUT2D eigenvalue weighted by atomic mass is 79.9. The molecule has 0 atom stereocenters. The van der Waals surface area contributed by atoms with Gasteiger partial charge in [0.15, 0.2) is 0 Å². The Kier molecular flexibility index (Phi) is 6.02. The van der Waals surface area contributed by atoms with E-state index in [-0.39, 0.29) is 5.69 Å². The van der Waals surface area contributed by atoms with E-state index in [4.69, 9.17) is 0 Å². The van der Waals surface area contributed by atoms with Crippen LogP contribution in [0.15, 0.2) is 9.27 Å². The van der Waals surface area contributed by atoms with Gasteiger partial charge in [-0.15, -0.1) is 0 Å². The van der Waals surface area contributed by atoms with Gasteiger partial charge in [-0.05, 0) is 55.2 Å². The first-order valence-electron chi connectivity index (χ1n) is 6.37. The molecule has 1 N–H and O–H groups in total. The van der Waals surface area contributed by atoms with Gasteiger partial charge in [0.05, 0.1) is 10.2 Å². The quantitative estimate of drug-likeness (QED) is 0.819. The van der Waals surface area contributed by atoms with E-state index in [1.165, 1.54) is 0 Å². The Morgan fingerprint density at radius 2 is 2.06 bits per heavy atom. The van der Waals surface area contributed by atoms with Crippen LogP contribution in [0.1, 0.15) is 31.7 Å². The van der Waals surface area contributed by atoms with Gasteiger partial charge in [-0.1, -0.05) is 13.8 Å². The molecule has 0 spiro atoms. The molecule has 1 heterocycles. The standard InChI is InChI=1S/C13H22BrN3O/c1-9(2)8-15-6-5-7-17-11(4)12(14)10(3)16-13(17)18/h9,15H,5-8H2,1-4H3. The summed E-state index contributed by atoms with van der Waals surface area (Å²) >= 11 is 3.47. The molecule has 0 aliphatic rings. The summed E-state index contributed by atoms with van der Waals surface area (Å²) in [6.45, 7) is 10.8. The van der Waals surface area contributed by atoms with E-state index in [1.807, 2.05) is 13.8 Å². The van der Waals surface area contributed by atoms with Gasteiger partial charge in [0.25, 0.3) is 0 Å². The maximum absolute atomic E-state index is 11.8. The zero-order valence-corrected chi connectivity index (χ0v) is 13.2. The maximum atomic E-state index is 11.8. The minimum Gasteiger partial charge on any atom is -0.316 e. The SMILES string of the molecule is Cc1nc(=O)n(CCCNCC(C)C)c(C)c1Br. The van der Waals surface area contributed by atoms with Crippen LogP contribution in [0.5, 0.6) is 0 Å². The number of aromatic nitrogens is 2. The summed E-state index contributed by atoms with van der Waals surface area (Å²) in [5.41, 5.74) is 1.56. The molecule has 0 aliphatic heterocycles. The topological polar surface area (TPSA) is 46.9 Å². The predicted octanol–water partition coefficient (Wildman–Crippen LogP) is 2.26. The number of nitrogens with zero attached hydrogens (tertiary/aromatic N) is 2. The van der Waals surface area contributed by atoms with Crippen molar-refractivity contribution in [3.63, 3.8) is 0 Å². The van der Waals surface area contributed by atoms with E-state index in [0.29, 0.717) is 12.5 Å².